The maximum Gasteiger partial charge on any atom is 0.209 e. The Labute approximate surface area is 276 Å². The molecular weight excluding hydrogens is 562 g/mol. The van der Waals surface area contributed by atoms with E-state index in [1.165, 1.54) is 61.7 Å². The molecular formula is C42H51N3O+2. The van der Waals surface area contributed by atoms with Gasteiger partial charge >= 0.3 is 0 Å². The molecule has 1 aromatic heterocycles. The van der Waals surface area contributed by atoms with Gasteiger partial charge in [0.05, 0.1) is 5.41 Å². The van der Waals surface area contributed by atoms with Gasteiger partial charge in [-0.05, 0) is 95.4 Å². The fourth-order valence-corrected chi connectivity index (χ4v) is 7.61. The Kier molecular flexibility index (Phi) is 8.43. The maximum atomic E-state index is 6.74. The van der Waals surface area contributed by atoms with Crippen molar-refractivity contribution in [2.75, 3.05) is 18.0 Å². The second kappa shape index (κ2) is 12.2. The Balaban J connectivity index is 1.39. The van der Waals surface area contributed by atoms with Crippen LogP contribution >= 0.6 is 0 Å². The summed E-state index contributed by atoms with van der Waals surface area (Å²) < 4.78 is 11.3. The van der Waals surface area contributed by atoms with E-state index >= 15 is 0 Å². The van der Waals surface area contributed by atoms with Crippen LogP contribution in [0.1, 0.15) is 82.2 Å². The molecule has 3 heterocycles. The lowest BCUT2D eigenvalue weighted by Gasteiger charge is -2.26. The minimum absolute atomic E-state index is 0.0677. The van der Waals surface area contributed by atoms with E-state index in [4.69, 9.17) is 4.74 Å². The van der Waals surface area contributed by atoms with Gasteiger partial charge in [0.1, 0.15) is 26.0 Å². The highest BCUT2D eigenvalue weighted by Crippen LogP contribution is 2.48. The van der Waals surface area contributed by atoms with Crippen molar-refractivity contribution in [1.29, 1.82) is 0 Å². The molecule has 4 heteroatoms. The molecule has 2 aromatic carbocycles. The molecule has 0 radical (unpaired) electrons. The Morgan fingerprint density at radius 1 is 0.826 bits per heavy atom. The third-order valence-corrected chi connectivity index (χ3v) is 10.3. The highest BCUT2D eigenvalue weighted by atomic mass is 16.5. The molecule has 0 spiro atoms. The monoisotopic (exact) mass is 613 g/mol. The Bertz CT molecular complexity index is 1830. The van der Waals surface area contributed by atoms with Gasteiger partial charge in [-0.2, -0.15) is 4.58 Å². The molecule has 3 aromatic rings. The average molecular weight is 614 g/mol. The standard InChI is InChI=1S/C42H51N3O/c1-10-44-36-18-12-29(3)26-34(36)41(5,6)38(44)20-16-32-14-15-33(40(32)46-28-31-22-24-43(9)25-23-31)17-21-39-42(7,8)35-27-30(4)13-19-37(35)45(39)11-2/h12-13,16-27H,10-11,14-15,28H2,1-9H3/q+2. The molecule has 3 aliphatic rings. The summed E-state index contributed by atoms with van der Waals surface area (Å²) >= 11 is 0. The van der Waals surface area contributed by atoms with E-state index < -0.39 is 0 Å². The van der Waals surface area contributed by atoms with Crippen molar-refractivity contribution in [1.82, 2.24) is 0 Å². The molecule has 0 unspecified atom stereocenters. The highest BCUT2D eigenvalue weighted by Gasteiger charge is 2.44. The van der Waals surface area contributed by atoms with Gasteiger partial charge in [0.2, 0.25) is 5.69 Å². The normalized spacial score (nSPS) is 20.1. The Morgan fingerprint density at radius 2 is 1.52 bits per heavy atom. The van der Waals surface area contributed by atoms with Crippen LogP contribution in [0.15, 0.2) is 108 Å². The van der Waals surface area contributed by atoms with Crippen molar-refractivity contribution in [2.24, 2.45) is 7.05 Å². The summed E-state index contributed by atoms with van der Waals surface area (Å²) in [5.74, 6) is 1.03. The molecule has 6 rings (SSSR count). The van der Waals surface area contributed by atoms with Crippen LogP contribution in [-0.4, -0.2) is 23.4 Å². The highest BCUT2D eigenvalue weighted by molar-refractivity contribution is 6.03. The number of pyridine rings is 1. The molecule has 0 bridgehead atoms. The molecule has 1 aliphatic carbocycles. The molecule has 0 saturated carbocycles. The summed E-state index contributed by atoms with van der Waals surface area (Å²) in [4.78, 5) is 2.48. The van der Waals surface area contributed by atoms with E-state index in [0.717, 1.165) is 31.7 Å². The first-order chi connectivity index (χ1) is 21.9. The molecule has 0 saturated heterocycles. The van der Waals surface area contributed by atoms with Crippen LogP contribution in [0, 0.1) is 13.8 Å². The zero-order chi connectivity index (χ0) is 32.8. The van der Waals surface area contributed by atoms with Gasteiger partial charge in [-0.25, -0.2) is 4.57 Å². The van der Waals surface area contributed by atoms with E-state index in [1.807, 2.05) is 7.05 Å². The topological polar surface area (TPSA) is 19.4 Å². The number of nitrogens with zero attached hydrogens (tertiary/aromatic N) is 3. The first-order valence-electron chi connectivity index (χ1n) is 17.0. The lowest BCUT2D eigenvalue weighted by atomic mass is 9.80. The van der Waals surface area contributed by atoms with Crippen molar-refractivity contribution >= 4 is 17.1 Å². The van der Waals surface area contributed by atoms with Gasteiger partial charge in [0.25, 0.3) is 0 Å². The first kappa shape index (κ1) is 31.8. The summed E-state index contributed by atoms with van der Waals surface area (Å²) in [7, 11) is 2.05. The van der Waals surface area contributed by atoms with Crippen molar-refractivity contribution in [3.8, 4) is 0 Å². The number of rotatable bonds is 8. The zero-order valence-corrected chi connectivity index (χ0v) is 29.4. The van der Waals surface area contributed by atoms with Crippen LogP contribution in [0.3, 0.4) is 0 Å². The molecule has 0 atom stereocenters. The largest absolute Gasteiger partial charge is 0.488 e. The number of likely N-dealkylation sites (N-methyl/N-ethyl adjacent to an activating group) is 1. The van der Waals surface area contributed by atoms with Gasteiger partial charge in [-0.3, -0.25) is 0 Å². The van der Waals surface area contributed by atoms with Crippen LogP contribution in [0.5, 0.6) is 0 Å². The van der Waals surface area contributed by atoms with E-state index in [1.54, 1.807) is 0 Å². The van der Waals surface area contributed by atoms with Crippen LogP contribution < -0.4 is 9.47 Å². The predicted molar refractivity (Wildman–Crippen MR) is 191 cm³/mol. The van der Waals surface area contributed by atoms with E-state index in [0.29, 0.717) is 6.61 Å². The third-order valence-electron chi connectivity index (χ3n) is 10.3. The smallest absolute Gasteiger partial charge is 0.209 e. The minimum Gasteiger partial charge on any atom is -0.488 e. The number of fused-ring (bicyclic) bond motifs is 2. The first-order valence-corrected chi connectivity index (χ1v) is 17.0. The number of hydrogen-bond acceptors (Lipinski definition) is 2. The fourth-order valence-electron chi connectivity index (χ4n) is 7.61. The second-order valence-corrected chi connectivity index (χ2v) is 14.3. The van der Waals surface area contributed by atoms with E-state index in [9.17, 15) is 0 Å². The average Bonchev–Trinajstić information content (AvgIpc) is 3.58. The number of aryl methyl sites for hydroxylation is 3. The molecule has 0 N–H and O–H groups in total. The summed E-state index contributed by atoms with van der Waals surface area (Å²) in [6.07, 6.45) is 15.5. The quantitative estimate of drug-likeness (QED) is 0.236. The summed E-state index contributed by atoms with van der Waals surface area (Å²) in [5.41, 5.74) is 14.4. The van der Waals surface area contributed by atoms with Crippen LogP contribution in [0.4, 0.5) is 11.4 Å². The third kappa shape index (κ3) is 5.57. The molecule has 46 heavy (non-hydrogen) atoms. The van der Waals surface area contributed by atoms with Gasteiger partial charge in [0.15, 0.2) is 18.1 Å². The van der Waals surface area contributed by atoms with Gasteiger partial charge in [-0.1, -0.05) is 49.2 Å². The maximum absolute atomic E-state index is 6.74. The summed E-state index contributed by atoms with van der Waals surface area (Å²) in [6.45, 7) is 20.7. The van der Waals surface area contributed by atoms with Gasteiger partial charge in [-0.15, -0.1) is 0 Å². The number of ether oxygens (including phenoxy) is 1. The van der Waals surface area contributed by atoms with Gasteiger partial charge in [0, 0.05) is 58.7 Å². The molecule has 4 nitrogen and oxygen atoms in total. The number of aromatic nitrogens is 1. The summed E-state index contributed by atoms with van der Waals surface area (Å²) in [6, 6.07) is 18.1. The molecule has 2 aliphatic heterocycles. The fraction of sp³-hybridized carbons (Fsp3) is 0.381. The van der Waals surface area contributed by atoms with Gasteiger partial charge < -0.3 is 9.64 Å². The number of allylic oxidation sites excluding steroid dienone is 7. The van der Waals surface area contributed by atoms with Crippen molar-refractivity contribution in [3.63, 3.8) is 0 Å². The van der Waals surface area contributed by atoms with Crippen molar-refractivity contribution < 1.29 is 13.9 Å². The zero-order valence-electron chi connectivity index (χ0n) is 29.4. The predicted octanol–water partition coefficient (Wildman–Crippen LogP) is 8.97. The van der Waals surface area contributed by atoms with Crippen molar-refractivity contribution in [2.45, 2.75) is 85.7 Å². The lowest BCUT2D eigenvalue weighted by Crippen LogP contribution is -2.27. The second-order valence-electron chi connectivity index (χ2n) is 14.3. The van der Waals surface area contributed by atoms with Crippen LogP contribution in [0.2, 0.25) is 0 Å². The van der Waals surface area contributed by atoms with Crippen LogP contribution in [0.25, 0.3) is 0 Å². The molecule has 238 valence electrons. The lowest BCUT2D eigenvalue weighted by molar-refractivity contribution is -0.671. The molecule has 0 amide bonds. The van der Waals surface area contributed by atoms with E-state index in [2.05, 4.69) is 155 Å². The Morgan fingerprint density at radius 3 is 2.22 bits per heavy atom. The number of benzene rings is 2. The summed E-state index contributed by atoms with van der Waals surface area (Å²) in [5, 5.41) is 0. The molecule has 0 fully saturated rings. The van der Waals surface area contributed by atoms with Crippen molar-refractivity contribution in [3.05, 3.63) is 136 Å². The van der Waals surface area contributed by atoms with E-state index in [-0.39, 0.29) is 10.8 Å². The SMILES string of the molecule is CCN1/C(=C/C=C2\CCC(/C=C/C3=[N+](CC)c4ccc(C)cc4C3(C)C)=C2OCc2cc[n+](C)cc2)C(C)(C)c2cc(C)ccc21. The number of hydrogen-bond donors (Lipinski definition) is 0. The minimum atomic E-state index is -0.0677. The van der Waals surface area contributed by atoms with Crippen LogP contribution in [-0.2, 0) is 29.2 Å². The Hall–Kier alpha value is -4.18. The number of anilines is 1.